The molecule has 2 heterocycles. The summed E-state index contributed by atoms with van der Waals surface area (Å²) in [6.07, 6.45) is 10.1. The quantitative estimate of drug-likeness (QED) is 0.107. The average molecular weight is 848 g/mol. The molecule has 4 nitrogen and oxygen atoms in total. The van der Waals surface area contributed by atoms with E-state index in [9.17, 15) is 0 Å². The van der Waals surface area contributed by atoms with Gasteiger partial charge in [0.05, 0.1) is 16.7 Å². The third-order valence-electron chi connectivity index (χ3n) is 13.4. The van der Waals surface area contributed by atoms with Gasteiger partial charge in [-0.15, -0.1) is 0 Å². The maximum absolute atomic E-state index is 6.55. The lowest BCUT2D eigenvalue weighted by Gasteiger charge is -2.26. The number of aromatic nitrogens is 2. The lowest BCUT2D eigenvalue weighted by atomic mass is 9.78. The maximum atomic E-state index is 6.55. The zero-order chi connectivity index (χ0) is 44.1. The zero-order valence-corrected chi connectivity index (χ0v) is 36.6. The van der Waals surface area contributed by atoms with Crippen LogP contribution in [0.3, 0.4) is 0 Å². The van der Waals surface area contributed by atoms with E-state index in [1.807, 2.05) is 48.5 Å². The van der Waals surface area contributed by atoms with Crippen molar-refractivity contribution in [2.75, 3.05) is 0 Å². The molecule has 8 aromatic carbocycles. The molecule has 314 valence electrons. The molecule has 2 unspecified atom stereocenters. The summed E-state index contributed by atoms with van der Waals surface area (Å²) in [5, 5.41) is 2.48. The number of aliphatic imine (C=N–C) groups is 1. The van der Waals surface area contributed by atoms with Gasteiger partial charge in [0.2, 0.25) is 5.89 Å². The highest BCUT2D eigenvalue weighted by Gasteiger charge is 2.37. The SMILES string of the molecule is C=C(/C=C(\N=C(/C)c1ccccc1)c1ccccc1)C1=CC(C2c3ccccc3-c3ccc4c5ccccc5n(-c5cccc(-c6cccc7nc(-c8ccccc8)oc67)c5)c4c32)CC=C1. The van der Waals surface area contributed by atoms with E-state index in [1.165, 1.54) is 44.1 Å². The van der Waals surface area contributed by atoms with Crippen molar-refractivity contribution in [3.8, 4) is 39.4 Å². The monoisotopic (exact) mass is 847 g/mol. The zero-order valence-electron chi connectivity index (χ0n) is 36.6. The number of oxazole rings is 1. The Morgan fingerprint density at radius 3 is 2.20 bits per heavy atom. The van der Waals surface area contributed by atoms with Crippen LogP contribution in [0.4, 0.5) is 0 Å². The van der Waals surface area contributed by atoms with Crippen LogP contribution in [0.15, 0.2) is 246 Å². The number of para-hydroxylation sites is 2. The van der Waals surface area contributed by atoms with Gasteiger partial charge in [0.25, 0.3) is 0 Å². The number of hydrogen-bond donors (Lipinski definition) is 0. The Balaban J connectivity index is 0.997. The summed E-state index contributed by atoms with van der Waals surface area (Å²) in [7, 11) is 0. The molecule has 0 bridgehead atoms. The van der Waals surface area contributed by atoms with E-state index in [2.05, 4.69) is 181 Å². The van der Waals surface area contributed by atoms with Crippen LogP contribution < -0.4 is 0 Å². The molecule has 2 aliphatic rings. The first-order valence-electron chi connectivity index (χ1n) is 22.7. The van der Waals surface area contributed by atoms with Crippen LogP contribution in [0.5, 0.6) is 0 Å². The van der Waals surface area contributed by atoms with Crippen LogP contribution in [0.25, 0.3) is 78.0 Å². The fraction of sp³-hybridized carbons (Fsp3) is 0.0645. The summed E-state index contributed by atoms with van der Waals surface area (Å²) < 4.78 is 9.05. The molecule has 0 saturated heterocycles. The molecule has 0 spiro atoms. The van der Waals surface area contributed by atoms with Gasteiger partial charge in [0.1, 0.15) is 5.52 Å². The van der Waals surface area contributed by atoms with Gasteiger partial charge < -0.3 is 8.98 Å². The Bertz CT molecular complexity index is 3640. The second-order valence-electron chi connectivity index (χ2n) is 17.3. The first-order valence-corrected chi connectivity index (χ1v) is 22.7. The smallest absolute Gasteiger partial charge is 0.227 e. The summed E-state index contributed by atoms with van der Waals surface area (Å²) >= 11 is 0. The van der Waals surface area contributed by atoms with Crippen LogP contribution in [-0.4, -0.2) is 15.3 Å². The Labute approximate surface area is 384 Å². The third kappa shape index (κ3) is 6.78. The summed E-state index contributed by atoms with van der Waals surface area (Å²) in [5.41, 5.74) is 19.6. The lowest BCUT2D eigenvalue weighted by molar-refractivity contribution is 0.581. The minimum Gasteiger partial charge on any atom is -0.435 e. The Morgan fingerprint density at radius 1 is 0.667 bits per heavy atom. The highest BCUT2D eigenvalue weighted by molar-refractivity contribution is 6.13. The number of allylic oxidation sites excluding steroid dienone is 6. The molecule has 2 atom stereocenters. The van der Waals surface area contributed by atoms with E-state index in [4.69, 9.17) is 21.0 Å². The molecule has 2 aliphatic carbocycles. The molecule has 0 aliphatic heterocycles. The Kier molecular flexibility index (Phi) is 9.72. The van der Waals surface area contributed by atoms with Crippen molar-refractivity contribution in [3.05, 3.63) is 258 Å². The molecule has 0 amide bonds. The summed E-state index contributed by atoms with van der Waals surface area (Å²) in [6.45, 7) is 6.77. The number of fused-ring (bicyclic) bond motifs is 8. The fourth-order valence-corrected chi connectivity index (χ4v) is 10.3. The predicted octanol–water partition coefficient (Wildman–Crippen LogP) is 16.0. The van der Waals surface area contributed by atoms with Gasteiger partial charge in [-0.2, -0.15) is 0 Å². The minimum atomic E-state index is 0.106. The van der Waals surface area contributed by atoms with Crippen molar-refractivity contribution in [2.45, 2.75) is 19.3 Å². The van der Waals surface area contributed by atoms with Crippen LogP contribution in [0.2, 0.25) is 0 Å². The first-order chi connectivity index (χ1) is 32.6. The van der Waals surface area contributed by atoms with Crippen molar-refractivity contribution in [1.29, 1.82) is 0 Å². The molecule has 0 saturated carbocycles. The lowest BCUT2D eigenvalue weighted by Crippen LogP contribution is -2.13. The third-order valence-corrected chi connectivity index (χ3v) is 13.4. The Morgan fingerprint density at radius 2 is 1.36 bits per heavy atom. The number of benzene rings is 8. The molecule has 10 aromatic rings. The van der Waals surface area contributed by atoms with Crippen molar-refractivity contribution in [3.63, 3.8) is 0 Å². The van der Waals surface area contributed by atoms with Crippen molar-refractivity contribution in [1.82, 2.24) is 9.55 Å². The average Bonchev–Trinajstić information content (AvgIpc) is 4.08. The van der Waals surface area contributed by atoms with Gasteiger partial charge in [-0.05, 0) is 106 Å². The molecule has 0 fully saturated rings. The molecular formula is C62H45N3O. The van der Waals surface area contributed by atoms with Gasteiger partial charge in [-0.3, -0.25) is 4.99 Å². The van der Waals surface area contributed by atoms with E-state index in [0.717, 1.165) is 73.6 Å². The van der Waals surface area contributed by atoms with Gasteiger partial charge in [-0.1, -0.05) is 183 Å². The van der Waals surface area contributed by atoms with Gasteiger partial charge in [0, 0.05) is 44.8 Å². The Hall–Kier alpha value is -8.34. The molecule has 66 heavy (non-hydrogen) atoms. The van der Waals surface area contributed by atoms with E-state index in [1.54, 1.807) is 0 Å². The van der Waals surface area contributed by atoms with Crippen LogP contribution in [0, 0.1) is 5.92 Å². The number of hydrogen-bond acceptors (Lipinski definition) is 3. The first kappa shape index (κ1) is 39.3. The summed E-state index contributed by atoms with van der Waals surface area (Å²) in [5.74, 6) is 0.906. The second kappa shape index (κ2) is 16.3. The van der Waals surface area contributed by atoms with E-state index >= 15 is 0 Å². The number of rotatable bonds is 9. The maximum Gasteiger partial charge on any atom is 0.227 e. The van der Waals surface area contributed by atoms with Gasteiger partial charge in [0.15, 0.2) is 5.58 Å². The van der Waals surface area contributed by atoms with Crippen molar-refractivity contribution in [2.24, 2.45) is 10.9 Å². The fourth-order valence-electron chi connectivity index (χ4n) is 10.3. The standard InChI is InChI=1S/C62H45N3O/c1-40(37-56(43-21-8-4-9-22-43)63-41(2)42-19-6-3-7-20-42)45-25-16-27-47(38-45)58-52-31-13-12-29-50(52)53-35-36-54-51-30-14-15-34-57(51)65(60(54)59(53)58)48-28-17-26-46(39-48)49-32-18-33-55-61(49)66-62(64-55)44-23-10-5-11-24-44/h3-26,28-39,47,58H,1,27H2,2H3/b56-37-,63-41+. The second-order valence-corrected chi connectivity index (χ2v) is 17.3. The van der Waals surface area contributed by atoms with Crippen LogP contribution >= 0.6 is 0 Å². The molecule has 2 aromatic heterocycles. The van der Waals surface area contributed by atoms with E-state index in [0.29, 0.717) is 5.89 Å². The number of nitrogens with zero attached hydrogens (tertiary/aromatic N) is 3. The molecule has 0 radical (unpaired) electrons. The van der Waals surface area contributed by atoms with Crippen molar-refractivity contribution < 1.29 is 4.42 Å². The predicted molar refractivity (Wildman–Crippen MR) is 274 cm³/mol. The topological polar surface area (TPSA) is 43.3 Å². The minimum absolute atomic E-state index is 0.106. The van der Waals surface area contributed by atoms with Crippen molar-refractivity contribution >= 4 is 44.3 Å². The largest absolute Gasteiger partial charge is 0.435 e. The summed E-state index contributed by atoms with van der Waals surface area (Å²) in [6, 6.07) is 68.6. The van der Waals surface area contributed by atoms with Crippen LogP contribution in [-0.2, 0) is 0 Å². The molecular weight excluding hydrogens is 803 g/mol. The molecule has 4 heteroatoms. The summed E-state index contributed by atoms with van der Waals surface area (Å²) in [4.78, 5) is 10.1. The molecule has 12 rings (SSSR count). The van der Waals surface area contributed by atoms with E-state index in [-0.39, 0.29) is 11.8 Å². The van der Waals surface area contributed by atoms with Gasteiger partial charge >= 0.3 is 0 Å². The van der Waals surface area contributed by atoms with Gasteiger partial charge in [-0.25, -0.2) is 4.98 Å². The highest BCUT2D eigenvalue weighted by atomic mass is 16.3. The van der Waals surface area contributed by atoms with E-state index < -0.39 is 0 Å². The van der Waals surface area contributed by atoms with Crippen LogP contribution in [0.1, 0.15) is 41.5 Å². The molecule has 0 N–H and O–H groups in total. The normalized spacial score (nSPS) is 15.9. The highest BCUT2D eigenvalue weighted by Crippen LogP contribution is 2.54.